The second kappa shape index (κ2) is 10.0. The topological polar surface area (TPSA) is 68.3 Å². The molecule has 33 heavy (non-hydrogen) atoms. The maximum absolute atomic E-state index is 13.5. The molecule has 0 saturated heterocycles. The molecule has 8 heteroatoms. The predicted molar refractivity (Wildman–Crippen MR) is 137 cm³/mol. The summed E-state index contributed by atoms with van der Waals surface area (Å²) in [7, 11) is 1.33. The maximum Gasteiger partial charge on any atom is 0.340 e. The maximum atomic E-state index is 13.5. The highest BCUT2D eigenvalue weighted by Crippen LogP contribution is 2.34. The quantitative estimate of drug-likeness (QED) is 0.273. The van der Waals surface area contributed by atoms with Crippen LogP contribution < -0.4 is 5.32 Å². The predicted octanol–water partition coefficient (Wildman–Crippen LogP) is 7.23. The Morgan fingerprint density at radius 1 is 1.03 bits per heavy atom. The number of ether oxygens (including phenoxy) is 1. The van der Waals surface area contributed by atoms with E-state index in [-0.39, 0.29) is 5.91 Å². The molecule has 3 aromatic heterocycles. The molecular weight excluding hydrogens is 476 g/mol. The largest absolute Gasteiger partial charge is 0.465 e. The van der Waals surface area contributed by atoms with Crippen LogP contribution in [0.5, 0.6) is 0 Å². The molecule has 0 fully saturated rings. The van der Waals surface area contributed by atoms with E-state index in [0.29, 0.717) is 32.1 Å². The number of nitrogens with one attached hydrogen (secondary N) is 1. The third kappa shape index (κ3) is 4.95. The van der Waals surface area contributed by atoms with E-state index in [2.05, 4.69) is 25.2 Å². The summed E-state index contributed by atoms with van der Waals surface area (Å²) in [6.07, 6.45) is 2.70. The Hall–Kier alpha value is -2.74. The molecule has 0 unspecified atom stereocenters. The molecule has 5 nitrogen and oxygen atoms in total. The van der Waals surface area contributed by atoms with Gasteiger partial charge in [-0.2, -0.15) is 0 Å². The number of hydrogen-bond donors (Lipinski definition) is 1. The van der Waals surface area contributed by atoms with Crippen molar-refractivity contribution in [2.45, 2.75) is 33.1 Å². The Balaban J connectivity index is 1.79. The first-order chi connectivity index (χ1) is 15.9. The number of hydrogen-bond acceptors (Lipinski definition) is 6. The smallest absolute Gasteiger partial charge is 0.340 e. The zero-order valence-electron chi connectivity index (χ0n) is 18.5. The zero-order chi connectivity index (χ0) is 23.5. The number of esters is 1. The van der Waals surface area contributed by atoms with Crippen LogP contribution >= 0.6 is 34.3 Å². The van der Waals surface area contributed by atoms with Crippen molar-refractivity contribution in [2.24, 2.45) is 0 Å². The van der Waals surface area contributed by atoms with Crippen molar-refractivity contribution in [3.8, 4) is 10.6 Å². The summed E-state index contributed by atoms with van der Waals surface area (Å²) in [6, 6.07) is 13.0. The SMILES string of the molecule is CCCc1cc(C(=O)OC)c(NC(=O)c2cc(-c3ccc(CC)s3)nc3ccc(Cl)cc23)s1. The Morgan fingerprint density at radius 2 is 1.85 bits per heavy atom. The summed E-state index contributed by atoms with van der Waals surface area (Å²) in [6.45, 7) is 4.18. The second-order valence-corrected chi connectivity index (χ2v) is 10.2. The lowest BCUT2D eigenvalue weighted by Crippen LogP contribution is -2.14. The van der Waals surface area contributed by atoms with Crippen molar-refractivity contribution in [1.29, 1.82) is 0 Å². The van der Waals surface area contributed by atoms with Crippen molar-refractivity contribution in [3.63, 3.8) is 0 Å². The van der Waals surface area contributed by atoms with Gasteiger partial charge in [0.2, 0.25) is 0 Å². The average molecular weight is 499 g/mol. The highest BCUT2D eigenvalue weighted by molar-refractivity contribution is 7.16. The van der Waals surface area contributed by atoms with Gasteiger partial charge in [0.05, 0.1) is 34.3 Å². The molecule has 4 aromatic rings. The monoisotopic (exact) mass is 498 g/mol. The van der Waals surface area contributed by atoms with Gasteiger partial charge >= 0.3 is 5.97 Å². The van der Waals surface area contributed by atoms with E-state index in [0.717, 1.165) is 34.7 Å². The van der Waals surface area contributed by atoms with E-state index in [1.807, 2.05) is 12.1 Å². The van der Waals surface area contributed by atoms with Gasteiger partial charge in [-0.25, -0.2) is 9.78 Å². The van der Waals surface area contributed by atoms with Gasteiger partial charge in [-0.1, -0.05) is 31.9 Å². The van der Waals surface area contributed by atoms with Crippen LogP contribution in [0, 0.1) is 0 Å². The first kappa shape index (κ1) is 23.4. The molecule has 1 aromatic carbocycles. The van der Waals surface area contributed by atoms with Crippen LogP contribution in [-0.4, -0.2) is 24.0 Å². The number of methoxy groups -OCH3 is 1. The lowest BCUT2D eigenvalue weighted by atomic mass is 10.1. The van der Waals surface area contributed by atoms with E-state index in [4.69, 9.17) is 21.3 Å². The number of amides is 1. The third-order valence-electron chi connectivity index (χ3n) is 5.19. The van der Waals surface area contributed by atoms with Crippen molar-refractivity contribution in [1.82, 2.24) is 4.98 Å². The molecule has 0 radical (unpaired) electrons. The van der Waals surface area contributed by atoms with Crippen molar-refractivity contribution in [2.75, 3.05) is 12.4 Å². The van der Waals surface area contributed by atoms with Gasteiger partial charge < -0.3 is 10.1 Å². The molecule has 3 heterocycles. The fourth-order valence-corrected chi connectivity index (χ4v) is 5.78. The van der Waals surface area contributed by atoms with Gasteiger partial charge in [0.25, 0.3) is 5.91 Å². The Labute approximate surface area is 205 Å². The van der Waals surface area contributed by atoms with Crippen molar-refractivity contribution < 1.29 is 14.3 Å². The molecule has 170 valence electrons. The number of anilines is 1. The van der Waals surface area contributed by atoms with E-state index in [1.54, 1.807) is 35.6 Å². The first-order valence-electron chi connectivity index (χ1n) is 10.6. The minimum atomic E-state index is -0.474. The minimum absolute atomic E-state index is 0.326. The molecule has 1 N–H and O–H groups in total. The van der Waals surface area contributed by atoms with E-state index in [1.165, 1.54) is 23.3 Å². The number of aryl methyl sites for hydroxylation is 2. The number of benzene rings is 1. The molecule has 0 bridgehead atoms. The van der Waals surface area contributed by atoms with Gasteiger partial charge in [-0.3, -0.25) is 4.79 Å². The summed E-state index contributed by atoms with van der Waals surface area (Å²) in [5.74, 6) is -0.800. The van der Waals surface area contributed by atoms with Crippen LogP contribution in [-0.2, 0) is 17.6 Å². The number of nitrogens with zero attached hydrogens (tertiary/aromatic N) is 1. The Morgan fingerprint density at radius 3 is 2.55 bits per heavy atom. The van der Waals surface area contributed by atoms with Crippen LogP contribution in [0.15, 0.2) is 42.5 Å². The van der Waals surface area contributed by atoms with Gasteiger partial charge in [0.15, 0.2) is 0 Å². The number of carbonyl (C=O) groups excluding carboxylic acids is 2. The normalized spacial score (nSPS) is 11.0. The number of carbonyl (C=O) groups is 2. The lowest BCUT2D eigenvalue weighted by Gasteiger charge is -2.10. The number of aromatic nitrogens is 1. The van der Waals surface area contributed by atoms with Crippen molar-refractivity contribution in [3.05, 3.63) is 68.4 Å². The highest BCUT2D eigenvalue weighted by atomic mass is 35.5. The number of fused-ring (bicyclic) bond motifs is 1. The van der Waals surface area contributed by atoms with E-state index in [9.17, 15) is 9.59 Å². The van der Waals surface area contributed by atoms with Gasteiger partial charge in [0.1, 0.15) is 5.00 Å². The van der Waals surface area contributed by atoms with Gasteiger partial charge in [-0.05, 0) is 55.3 Å². The molecule has 0 aliphatic heterocycles. The summed E-state index contributed by atoms with van der Waals surface area (Å²) in [5.41, 5.74) is 2.22. The van der Waals surface area contributed by atoms with Crippen molar-refractivity contribution >= 4 is 62.1 Å². The third-order valence-corrected chi connectivity index (χ3v) is 7.79. The molecule has 4 rings (SSSR count). The second-order valence-electron chi connectivity index (χ2n) is 7.49. The lowest BCUT2D eigenvalue weighted by molar-refractivity contribution is 0.0602. The number of rotatable bonds is 7. The molecule has 0 aliphatic rings. The number of thiophene rings is 2. The number of halogens is 1. The van der Waals surface area contributed by atoms with Crippen LogP contribution in [0.25, 0.3) is 21.5 Å². The van der Waals surface area contributed by atoms with Gasteiger partial charge in [-0.15, -0.1) is 22.7 Å². The van der Waals surface area contributed by atoms with Crippen LogP contribution in [0.2, 0.25) is 5.02 Å². The first-order valence-corrected chi connectivity index (χ1v) is 12.7. The molecule has 0 atom stereocenters. The summed E-state index contributed by atoms with van der Waals surface area (Å²) >= 11 is 9.30. The molecule has 1 amide bonds. The van der Waals surface area contributed by atoms with Crippen LogP contribution in [0.1, 0.15) is 50.7 Å². The molecular formula is C25H23ClN2O3S2. The standard InChI is InChI=1S/C25H23ClN2O3S2/c1-4-6-16-12-19(25(30)31-3)24(33-16)28-23(29)18-13-21(22-10-8-15(5-2)32-22)27-20-9-7-14(26)11-17(18)20/h7-13H,4-6H2,1-3H3,(H,28,29). The molecule has 0 aliphatic carbocycles. The Bertz CT molecular complexity index is 1340. The fourth-order valence-electron chi connectivity index (χ4n) is 3.55. The molecule has 0 spiro atoms. The fraction of sp³-hybridized carbons (Fsp3) is 0.240. The summed E-state index contributed by atoms with van der Waals surface area (Å²) in [4.78, 5) is 33.8. The summed E-state index contributed by atoms with van der Waals surface area (Å²) in [5, 5.41) is 4.59. The Kier molecular flexibility index (Phi) is 7.12. The van der Waals surface area contributed by atoms with Crippen LogP contribution in [0.4, 0.5) is 5.00 Å². The zero-order valence-corrected chi connectivity index (χ0v) is 20.9. The summed E-state index contributed by atoms with van der Waals surface area (Å²) < 4.78 is 4.92. The minimum Gasteiger partial charge on any atom is -0.465 e. The van der Waals surface area contributed by atoms with Crippen LogP contribution in [0.3, 0.4) is 0 Å². The number of pyridine rings is 1. The van der Waals surface area contributed by atoms with E-state index < -0.39 is 5.97 Å². The van der Waals surface area contributed by atoms with Gasteiger partial charge in [0, 0.05) is 20.2 Å². The van der Waals surface area contributed by atoms with E-state index >= 15 is 0 Å². The molecule has 0 saturated carbocycles. The average Bonchev–Trinajstić information content (AvgIpc) is 3.45. The highest BCUT2D eigenvalue weighted by Gasteiger charge is 2.21.